The first-order valence-electron chi connectivity index (χ1n) is 10.4. The summed E-state index contributed by atoms with van der Waals surface area (Å²) < 4.78 is 32.7. The van der Waals surface area contributed by atoms with Gasteiger partial charge in [-0.05, 0) is 44.2 Å². The van der Waals surface area contributed by atoms with Crippen LogP contribution in [-0.4, -0.2) is 46.3 Å². The van der Waals surface area contributed by atoms with Crippen LogP contribution in [0, 0.1) is 11.7 Å². The van der Waals surface area contributed by atoms with Gasteiger partial charge in [0, 0.05) is 11.5 Å². The lowest BCUT2D eigenvalue weighted by Gasteiger charge is -2.25. The van der Waals surface area contributed by atoms with E-state index in [2.05, 4.69) is 5.10 Å². The van der Waals surface area contributed by atoms with E-state index in [0.29, 0.717) is 42.9 Å². The Morgan fingerprint density at radius 3 is 2.69 bits per heavy atom. The fourth-order valence-electron chi connectivity index (χ4n) is 3.17. The van der Waals surface area contributed by atoms with Gasteiger partial charge in [0.2, 0.25) is 0 Å². The van der Waals surface area contributed by atoms with Crippen molar-refractivity contribution in [2.45, 2.75) is 26.1 Å². The van der Waals surface area contributed by atoms with Crippen LogP contribution in [0.4, 0.5) is 4.39 Å². The minimum absolute atomic E-state index is 0.0361. The Balaban J connectivity index is 1.66. The first-order chi connectivity index (χ1) is 15.3. The largest absolute Gasteiger partial charge is 0.493 e. The monoisotopic (exact) mass is 440 g/mol. The Labute approximate surface area is 185 Å². The maximum absolute atomic E-state index is 14.6. The molecule has 3 aromatic rings. The number of rotatable bonds is 9. The van der Waals surface area contributed by atoms with Crippen molar-refractivity contribution in [1.29, 1.82) is 0 Å². The van der Waals surface area contributed by atoms with Crippen molar-refractivity contribution in [3.05, 3.63) is 66.1 Å². The van der Waals surface area contributed by atoms with Crippen LogP contribution >= 0.6 is 0 Å². The molecule has 1 aliphatic rings. The van der Waals surface area contributed by atoms with E-state index in [-0.39, 0.29) is 12.3 Å². The lowest BCUT2D eigenvalue weighted by atomic mass is 10.1. The molecule has 1 fully saturated rings. The third-order valence-electron chi connectivity index (χ3n) is 5.26. The van der Waals surface area contributed by atoms with E-state index in [1.54, 1.807) is 24.3 Å². The summed E-state index contributed by atoms with van der Waals surface area (Å²) >= 11 is 0. The van der Waals surface area contributed by atoms with Crippen LogP contribution in [0.25, 0.3) is 16.9 Å². The van der Waals surface area contributed by atoms with Crippen molar-refractivity contribution < 1.29 is 28.5 Å². The van der Waals surface area contributed by atoms with Gasteiger partial charge >= 0.3 is 5.97 Å². The highest BCUT2D eigenvalue weighted by Crippen LogP contribution is 2.29. The number of hydrogen-bond acceptors (Lipinski definition) is 5. The van der Waals surface area contributed by atoms with E-state index in [0.717, 1.165) is 5.56 Å². The summed E-state index contributed by atoms with van der Waals surface area (Å²) in [6.45, 7) is 4.88. The molecule has 2 aromatic carbocycles. The van der Waals surface area contributed by atoms with Crippen LogP contribution in [0.5, 0.6) is 5.75 Å². The standard InChI is InChI=1S/C24H25FN2O5/c1-24(2,23(28)29)32-15-18-11-22(27(26-18)21-9-4-3-8-20(21)25)17-6-5-7-19(10-17)31-14-16-12-30-13-16/h3-11,16H,12-15H2,1-2H3,(H,28,29). The van der Waals surface area contributed by atoms with Gasteiger partial charge in [-0.3, -0.25) is 0 Å². The summed E-state index contributed by atoms with van der Waals surface area (Å²) in [6, 6.07) is 15.6. The fraction of sp³-hybridized carbons (Fsp3) is 0.333. The van der Waals surface area contributed by atoms with Crippen molar-refractivity contribution >= 4 is 5.97 Å². The Kier molecular flexibility index (Phi) is 6.25. The van der Waals surface area contributed by atoms with Gasteiger partial charge in [0.05, 0.1) is 37.8 Å². The van der Waals surface area contributed by atoms with Crippen LogP contribution in [0.2, 0.25) is 0 Å². The second-order valence-corrected chi connectivity index (χ2v) is 8.23. The Morgan fingerprint density at radius 2 is 2.00 bits per heavy atom. The molecular weight excluding hydrogens is 415 g/mol. The second-order valence-electron chi connectivity index (χ2n) is 8.23. The molecule has 0 spiro atoms. The highest BCUT2D eigenvalue weighted by molar-refractivity contribution is 5.76. The van der Waals surface area contributed by atoms with Crippen molar-refractivity contribution in [2.24, 2.45) is 5.92 Å². The molecule has 1 aromatic heterocycles. The van der Waals surface area contributed by atoms with Crippen LogP contribution in [0.3, 0.4) is 0 Å². The first kappa shape index (κ1) is 22.0. The van der Waals surface area contributed by atoms with Gasteiger partial charge < -0.3 is 19.3 Å². The minimum Gasteiger partial charge on any atom is -0.493 e. The molecule has 0 unspecified atom stereocenters. The second kappa shape index (κ2) is 9.10. The minimum atomic E-state index is -1.37. The highest BCUT2D eigenvalue weighted by atomic mass is 19.1. The molecule has 0 aliphatic carbocycles. The Hall–Kier alpha value is -3.23. The smallest absolute Gasteiger partial charge is 0.335 e. The zero-order valence-corrected chi connectivity index (χ0v) is 18.0. The average Bonchev–Trinajstić information content (AvgIpc) is 3.16. The number of aromatic nitrogens is 2. The van der Waals surface area contributed by atoms with Crippen LogP contribution in [-0.2, 0) is 20.9 Å². The van der Waals surface area contributed by atoms with E-state index >= 15 is 0 Å². The van der Waals surface area contributed by atoms with E-state index < -0.39 is 17.4 Å². The van der Waals surface area contributed by atoms with Gasteiger partial charge in [0.25, 0.3) is 0 Å². The number of halogens is 1. The zero-order valence-electron chi connectivity index (χ0n) is 18.0. The third-order valence-corrected chi connectivity index (χ3v) is 5.26. The maximum Gasteiger partial charge on any atom is 0.335 e. The number of benzene rings is 2. The van der Waals surface area contributed by atoms with E-state index in [1.165, 1.54) is 24.6 Å². The summed E-state index contributed by atoms with van der Waals surface area (Å²) in [6.07, 6.45) is 0. The molecule has 0 atom stereocenters. The predicted molar refractivity (Wildman–Crippen MR) is 115 cm³/mol. The molecule has 0 amide bonds. The van der Waals surface area contributed by atoms with Crippen LogP contribution in [0.15, 0.2) is 54.6 Å². The summed E-state index contributed by atoms with van der Waals surface area (Å²) in [4.78, 5) is 11.4. The van der Waals surface area contributed by atoms with Crippen molar-refractivity contribution in [2.75, 3.05) is 19.8 Å². The topological polar surface area (TPSA) is 82.8 Å². The van der Waals surface area contributed by atoms with Crippen LogP contribution < -0.4 is 4.74 Å². The quantitative estimate of drug-likeness (QED) is 0.540. The molecule has 168 valence electrons. The molecule has 2 heterocycles. The first-order valence-corrected chi connectivity index (χ1v) is 10.4. The van der Waals surface area contributed by atoms with Gasteiger partial charge in [-0.1, -0.05) is 24.3 Å². The number of ether oxygens (including phenoxy) is 3. The van der Waals surface area contributed by atoms with Crippen LogP contribution in [0.1, 0.15) is 19.5 Å². The SMILES string of the molecule is CC(C)(OCc1cc(-c2cccc(OCC3COC3)c2)n(-c2ccccc2F)n1)C(=O)O. The number of hydrogen-bond donors (Lipinski definition) is 1. The molecule has 1 saturated heterocycles. The number of aliphatic carboxylic acids is 1. The van der Waals surface area contributed by atoms with Gasteiger partial charge in [-0.25, -0.2) is 13.9 Å². The van der Waals surface area contributed by atoms with Crippen molar-refractivity contribution in [3.8, 4) is 22.7 Å². The van der Waals surface area contributed by atoms with E-state index in [1.807, 2.05) is 24.3 Å². The molecule has 32 heavy (non-hydrogen) atoms. The fourth-order valence-corrected chi connectivity index (χ4v) is 3.17. The summed E-state index contributed by atoms with van der Waals surface area (Å²) in [7, 11) is 0. The van der Waals surface area contributed by atoms with E-state index in [9.17, 15) is 14.3 Å². The average molecular weight is 440 g/mol. The molecule has 1 N–H and O–H groups in total. The molecule has 0 bridgehead atoms. The molecule has 0 radical (unpaired) electrons. The Morgan fingerprint density at radius 1 is 1.22 bits per heavy atom. The molecule has 0 saturated carbocycles. The lowest BCUT2D eigenvalue weighted by Crippen LogP contribution is -2.34. The predicted octanol–water partition coefficient (Wildman–Crippen LogP) is 4.08. The Bertz CT molecular complexity index is 1110. The highest BCUT2D eigenvalue weighted by Gasteiger charge is 2.28. The summed E-state index contributed by atoms with van der Waals surface area (Å²) in [5.74, 6) is -0.412. The molecule has 7 nitrogen and oxygen atoms in total. The third kappa shape index (κ3) is 4.81. The number of carboxylic acid groups (broad SMARTS) is 1. The van der Waals surface area contributed by atoms with Crippen molar-refractivity contribution in [1.82, 2.24) is 9.78 Å². The summed E-state index contributed by atoms with van der Waals surface area (Å²) in [5.41, 5.74) is 0.812. The summed E-state index contributed by atoms with van der Waals surface area (Å²) in [5, 5.41) is 13.8. The van der Waals surface area contributed by atoms with Gasteiger partial charge in [-0.15, -0.1) is 0 Å². The number of carboxylic acids is 1. The maximum atomic E-state index is 14.6. The van der Waals surface area contributed by atoms with Gasteiger partial charge in [0.1, 0.15) is 17.3 Å². The molecule has 4 rings (SSSR count). The molecular formula is C24H25FN2O5. The number of carbonyl (C=O) groups is 1. The normalized spacial score (nSPS) is 14.2. The molecule has 1 aliphatic heterocycles. The van der Waals surface area contributed by atoms with E-state index in [4.69, 9.17) is 14.2 Å². The van der Waals surface area contributed by atoms with Crippen molar-refractivity contribution in [3.63, 3.8) is 0 Å². The number of nitrogens with zero attached hydrogens (tertiary/aromatic N) is 2. The van der Waals surface area contributed by atoms with Gasteiger partial charge in [0.15, 0.2) is 5.60 Å². The lowest BCUT2D eigenvalue weighted by molar-refractivity contribution is -0.162. The number of para-hydroxylation sites is 1. The van der Waals surface area contributed by atoms with Gasteiger partial charge in [-0.2, -0.15) is 5.10 Å². The zero-order chi connectivity index (χ0) is 22.7. The molecule has 8 heteroatoms.